The third-order valence-corrected chi connectivity index (χ3v) is 2.41. The lowest BCUT2D eigenvalue weighted by molar-refractivity contribution is -0.118. The SMILES string of the molecule is N=C(N)SCC(=O)NCc1ccccc1. The molecular formula is C10H13N3OS. The fourth-order valence-electron chi connectivity index (χ4n) is 0.991. The summed E-state index contributed by atoms with van der Waals surface area (Å²) in [6.07, 6.45) is 0. The number of nitrogens with one attached hydrogen (secondary N) is 2. The molecule has 0 atom stereocenters. The van der Waals surface area contributed by atoms with E-state index in [4.69, 9.17) is 11.1 Å². The van der Waals surface area contributed by atoms with Crippen LogP contribution in [-0.4, -0.2) is 16.8 Å². The van der Waals surface area contributed by atoms with E-state index >= 15 is 0 Å². The average molecular weight is 223 g/mol. The molecule has 0 saturated heterocycles. The second-order valence-electron chi connectivity index (χ2n) is 2.92. The summed E-state index contributed by atoms with van der Waals surface area (Å²) < 4.78 is 0. The molecular weight excluding hydrogens is 210 g/mol. The van der Waals surface area contributed by atoms with Crippen molar-refractivity contribution in [1.29, 1.82) is 5.41 Å². The van der Waals surface area contributed by atoms with Gasteiger partial charge in [-0.05, 0) is 5.56 Å². The highest BCUT2D eigenvalue weighted by molar-refractivity contribution is 8.14. The van der Waals surface area contributed by atoms with Gasteiger partial charge in [-0.3, -0.25) is 10.2 Å². The first-order valence-electron chi connectivity index (χ1n) is 4.46. The molecule has 80 valence electrons. The minimum atomic E-state index is -0.112. The van der Waals surface area contributed by atoms with Crippen molar-refractivity contribution in [3.8, 4) is 0 Å². The molecule has 0 aliphatic rings. The number of thioether (sulfide) groups is 1. The molecule has 0 aromatic heterocycles. The molecule has 1 amide bonds. The van der Waals surface area contributed by atoms with E-state index in [9.17, 15) is 4.79 Å². The maximum absolute atomic E-state index is 11.2. The van der Waals surface area contributed by atoms with Gasteiger partial charge >= 0.3 is 0 Å². The van der Waals surface area contributed by atoms with Crippen molar-refractivity contribution in [2.45, 2.75) is 6.54 Å². The standard InChI is InChI=1S/C10H13N3OS/c11-10(12)15-7-9(14)13-6-8-4-2-1-3-5-8/h1-5H,6-7H2,(H3,11,12)(H,13,14). The van der Waals surface area contributed by atoms with Crippen LogP contribution in [0, 0.1) is 5.41 Å². The van der Waals surface area contributed by atoms with Crippen LogP contribution >= 0.6 is 11.8 Å². The summed E-state index contributed by atoms with van der Waals surface area (Å²) in [5, 5.41) is 9.65. The molecule has 0 bridgehead atoms. The first-order chi connectivity index (χ1) is 7.18. The molecule has 0 heterocycles. The normalized spacial score (nSPS) is 9.60. The maximum atomic E-state index is 11.2. The number of hydrogen-bond acceptors (Lipinski definition) is 3. The quantitative estimate of drug-likeness (QED) is 0.525. The summed E-state index contributed by atoms with van der Waals surface area (Å²) in [6.45, 7) is 0.512. The second-order valence-corrected chi connectivity index (χ2v) is 3.93. The van der Waals surface area contributed by atoms with Crippen molar-refractivity contribution in [1.82, 2.24) is 5.32 Å². The number of amidine groups is 1. The highest BCUT2D eigenvalue weighted by Gasteiger charge is 2.01. The largest absolute Gasteiger partial charge is 0.379 e. The molecule has 0 aliphatic carbocycles. The highest BCUT2D eigenvalue weighted by Crippen LogP contribution is 1.99. The number of hydrogen-bond donors (Lipinski definition) is 3. The second kappa shape index (κ2) is 6.08. The van der Waals surface area contributed by atoms with E-state index in [1.807, 2.05) is 30.3 Å². The topological polar surface area (TPSA) is 79.0 Å². The van der Waals surface area contributed by atoms with E-state index in [2.05, 4.69) is 5.32 Å². The lowest BCUT2D eigenvalue weighted by Crippen LogP contribution is -2.25. The number of nitrogens with two attached hydrogens (primary N) is 1. The number of benzene rings is 1. The predicted molar refractivity (Wildman–Crippen MR) is 62.7 cm³/mol. The number of amides is 1. The van der Waals surface area contributed by atoms with Crippen LogP contribution in [0.5, 0.6) is 0 Å². The van der Waals surface area contributed by atoms with Gasteiger partial charge in [0.1, 0.15) is 0 Å². The van der Waals surface area contributed by atoms with Crippen molar-refractivity contribution in [3.05, 3.63) is 35.9 Å². The van der Waals surface area contributed by atoms with Gasteiger partial charge in [-0.2, -0.15) is 0 Å². The van der Waals surface area contributed by atoms with Crippen molar-refractivity contribution >= 4 is 22.8 Å². The predicted octanol–water partition coefficient (Wildman–Crippen LogP) is 0.929. The van der Waals surface area contributed by atoms with Gasteiger partial charge in [-0.1, -0.05) is 42.1 Å². The van der Waals surface area contributed by atoms with Crippen LogP contribution in [0.2, 0.25) is 0 Å². The van der Waals surface area contributed by atoms with Crippen LogP contribution < -0.4 is 11.1 Å². The zero-order chi connectivity index (χ0) is 11.1. The third-order valence-electron chi connectivity index (χ3n) is 1.69. The molecule has 0 fully saturated rings. The summed E-state index contributed by atoms with van der Waals surface area (Å²) in [4.78, 5) is 11.2. The first kappa shape index (κ1) is 11.6. The van der Waals surface area contributed by atoms with E-state index in [1.54, 1.807) is 0 Å². The van der Waals surface area contributed by atoms with E-state index < -0.39 is 0 Å². The van der Waals surface area contributed by atoms with Gasteiger partial charge in [0, 0.05) is 6.54 Å². The number of rotatable bonds is 4. The smallest absolute Gasteiger partial charge is 0.230 e. The molecule has 15 heavy (non-hydrogen) atoms. The molecule has 4 nitrogen and oxygen atoms in total. The number of carbonyl (C=O) groups excluding carboxylic acids is 1. The van der Waals surface area contributed by atoms with E-state index in [0.29, 0.717) is 6.54 Å². The summed E-state index contributed by atoms with van der Waals surface area (Å²) in [7, 11) is 0. The van der Waals surface area contributed by atoms with Crippen molar-refractivity contribution in [3.63, 3.8) is 0 Å². The maximum Gasteiger partial charge on any atom is 0.230 e. The molecule has 1 rings (SSSR count). The van der Waals surface area contributed by atoms with Crippen molar-refractivity contribution in [2.75, 3.05) is 5.75 Å². The number of carbonyl (C=O) groups is 1. The fourth-order valence-corrected chi connectivity index (χ4v) is 1.38. The Hall–Kier alpha value is -1.49. The molecule has 0 unspecified atom stereocenters. The molecule has 0 spiro atoms. The Kier molecular flexibility index (Phi) is 4.70. The van der Waals surface area contributed by atoms with Crippen LogP contribution in [-0.2, 0) is 11.3 Å². The zero-order valence-corrected chi connectivity index (χ0v) is 9.01. The van der Waals surface area contributed by atoms with Crippen molar-refractivity contribution < 1.29 is 4.79 Å². The highest BCUT2D eigenvalue weighted by atomic mass is 32.2. The fraction of sp³-hybridized carbons (Fsp3) is 0.200. The Morgan fingerprint density at radius 2 is 2.07 bits per heavy atom. The van der Waals surface area contributed by atoms with E-state index in [-0.39, 0.29) is 16.8 Å². The van der Waals surface area contributed by atoms with E-state index in [1.165, 1.54) is 0 Å². The Balaban J connectivity index is 2.26. The van der Waals surface area contributed by atoms with Gasteiger partial charge in [0.25, 0.3) is 0 Å². The summed E-state index contributed by atoms with van der Waals surface area (Å²) in [6, 6.07) is 9.66. The van der Waals surface area contributed by atoms with Gasteiger partial charge in [0.05, 0.1) is 5.75 Å². The minimum absolute atomic E-state index is 0.0372. The third kappa shape index (κ3) is 5.07. The first-order valence-corrected chi connectivity index (χ1v) is 5.44. The van der Waals surface area contributed by atoms with Gasteiger partial charge in [-0.15, -0.1) is 0 Å². The Morgan fingerprint density at radius 3 is 2.67 bits per heavy atom. The Labute approximate surface area is 92.8 Å². The zero-order valence-electron chi connectivity index (χ0n) is 8.19. The molecule has 1 aromatic carbocycles. The van der Waals surface area contributed by atoms with Crippen LogP contribution in [0.15, 0.2) is 30.3 Å². The van der Waals surface area contributed by atoms with Gasteiger partial charge < -0.3 is 11.1 Å². The molecule has 0 aliphatic heterocycles. The molecule has 5 heteroatoms. The van der Waals surface area contributed by atoms with Gasteiger partial charge in [0.15, 0.2) is 5.17 Å². The summed E-state index contributed by atoms with van der Waals surface area (Å²) in [5.41, 5.74) is 6.17. The lowest BCUT2D eigenvalue weighted by Gasteiger charge is -2.04. The summed E-state index contributed by atoms with van der Waals surface area (Å²) >= 11 is 1.02. The minimum Gasteiger partial charge on any atom is -0.379 e. The van der Waals surface area contributed by atoms with Crippen LogP contribution in [0.1, 0.15) is 5.56 Å². The van der Waals surface area contributed by atoms with Crippen LogP contribution in [0.25, 0.3) is 0 Å². The van der Waals surface area contributed by atoms with E-state index in [0.717, 1.165) is 17.3 Å². The van der Waals surface area contributed by atoms with Gasteiger partial charge in [0.2, 0.25) is 5.91 Å². The monoisotopic (exact) mass is 223 g/mol. The van der Waals surface area contributed by atoms with Crippen LogP contribution in [0.4, 0.5) is 0 Å². The molecule has 0 saturated carbocycles. The van der Waals surface area contributed by atoms with Crippen molar-refractivity contribution in [2.24, 2.45) is 5.73 Å². The lowest BCUT2D eigenvalue weighted by atomic mass is 10.2. The Bertz CT molecular complexity index is 340. The van der Waals surface area contributed by atoms with Crippen LogP contribution in [0.3, 0.4) is 0 Å². The molecule has 0 radical (unpaired) electrons. The molecule has 4 N–H and O–H groups in total. The average Bonchev–Trinajstić information content (AvgIpc) is 2.25. The molecule has 1 aromatic rings. The van der Waals surface area contributed by atoms with Gasteiger partial charge in [-0.25, -0.2) is 0 Å². The summed E-state index contributed by atoms with van der Waals surface area (Å²) in [5.74, 6) is 0.0846. The Morgan fingerprint density at radius 1 is 1.40 bits per heavy atom.